The van der Waals surface area contributed by atoms with Gasteiger partial charge in [0.05, 0.1) is 5.02 Å². The number of nitrogens with zero attached hydrogens (tertiary/aromatic N) is 3. The first-order valence-corrected chi connectivity index (χ1v) is 10.7. The fourth-order valence-electron chi connectivity index (χ4n) is 1.60. The zero-order valence-electron chi connectivity index (χ0n) is 12.7. The Hall–Kier alpha value is -1.04. The minimum atomic E-state index is -4.21. The predicted molar refractivity (Wildman–Crippen MR) is 102 cm³/mol. The van der Waals surface area contributed by atoms with Crippen molar-refractivity contribution in [2.24, 2.45) is 0 Å². The van der Waals surface area contributed by atoms with E-state index in [0.717, 1.165) is 11.8 Å². The maximum absolute atomic E-state index is 12.2. The van der Waals surface area contributed by atoms with Crippen molar-refractivity contribution in [2.45, 2.75) is 13.8 Å². The Morgan fingerprint density at radius 2 is 1.81 bits per heavy atom. The van der Waals surface area contributed by atoms with Crippen LogP contribution in [-0.2, 0) is 13.8 Å². The molecule has 1 heterocycles. The van der Waals surface area contributed by atoms with Crippen molar-refractivity contribution < 1.29 is 13.2 Å². The summed E-state index contributed by atoms with van der Waals surface area (Å²) in [6.45, 7) is 0. The lowest BCUT2D eigenvalue weighted by Gasteiger charge is -2.12. The van der Waals surface area contributed by atoms with E-state index < -0.39 is 19.8 Å². The van der Waals surface area contributed by atoms with E-state index in [-0.39, 0.29) is 26.8 Å². The summed E-state index contributed by atoms with van der Waals surface area (Å²) in [5.41, 5.74) is 0. The summed E-state index contributed by atoms with van der Waals surface area (Å²) in [5, 5.41) is 2.26. The Kier molecular flexibility index (Phi) is 6.81. The zero-order chi connectivity index (χ0) is 19.5. The molecule has 140 valence electrons. The second-order valence-electron chi connectivity index (χ2n) is 4.46. The van der Waals surface area contributed by atoms with Crippen LogP contribution in [0.1, 0.15) is 5.82 Å². The van der Waals surface area contributed by atoms with Crippen LogP contribution < -0.4 is 10.0 Å². The number of carbonyl (C=O) groups excluding carboxylic acids is 1. The van der Waals surface area contributed by atoms with Gasteiger partial charge in [-0.3, -0.25) is 5.32 Å². The topological polar surface area (TPSA) is 114 Å². The molecule has 26 heavy (non-hydrogen) atoms. The third-order valence-electron chi connectivity index (χ3n) is 2.63. The molecule has 0 saturated heterocycles. The Morgan fingerprint density at radius 1 is 1.15 bits per heavy atom. The Balaban J connectivity index is 2.24. The van der Waals surface area contributed by atoms with Gasteiger partial charge in [0, 0.05) is 0 Å². The van der Waals surface area contributed by atoms with E-state index in [1.807, 2.05) is 0 Å². The fraction of sp³-hybridized carbons (Fsp3) is 0.167. The summed E-state index contributed by atoms with van der Waals surface area (Å²) >= 11 is 24.1. The molecule has 0 atom stereocenters. The molecule has 0 bridgehead atoms. The molecule has 2 amide bonds. The SMILES string of the molecule is CSc1nc(NC(=O)NS(=O)(=O)c2ccccc2Cl)nc(C(Cl)(Cl)Cl)n1. The lowest BCUT2D eigenvalue weighted by Crippen LogP contribution is -2.35. The largest absolute Gasteiger partial charge is 0.335 e. The predicted octanol–water partition coefficient (Wildman–Crippen LogP) is 3.58. The summed E-state index contributed by atoms with van der Waals surface area (Å²) in [5.74, 6) is -0.524. The number of anilines is 1. The van der Waals surface area contributed by atoms with E-state index in [1.54, 1.807) is 17.0 Å². The zero-order valence-corrected chi connectivity index (χ0v) is 17.4. The highest BCUT2D eigenvalue weighted by molar-refractivity contribution is 7.98. The minimum Gasteiger partial charge on any atom is -0.275 e. The maximum Gasteiger partial charge on any atom is 0.335 e. The smallest absolute Gasteiger partial charge is 0.275 e. The molecule has 0 radical (unpaired) electrons. The van der Waals surface area contributed by atoms with Crippen LogP contribution in [0.2, 0.25) is 5.02 Å². The van der Waals surface area contributed by atoms with Crippen molar-refractivity contribution in [1.29, 1.82) is 0 Å². The molecule has 2 rings (SSSR count). The minimum absolute atomic E-state index is 0.0453. The van der Waals surface area contributed by atoms with Gasteiger partial charge in [-0.25, -0.2) is 22.9 Å². The molecule has 0 fully saturated rings. The number of hydrogen-bond acceptors (Lipinski definition) is 7. The molecule has 0 spiro atoms. The molecule has 0 aliphatic heterocycles. The summed E-state index contributed by atoms with van der Waals surface area (Å²) in [7, 11) is -4.21. The van der Waals surface area contributed by atoms with Gasteiger partial charge >= 0.3 is 6.03 Å². The monoisotopic (exact) mass is 475 g/mol. The standard InChI is InChI=1S/C12H9Cl4N5O3S2/c1-25-11-18-8(12(14,15)16)17-9(20-11)19-10(22)21-26(23,24)7-5-3-2-4-6(7)13/h2-5H,1H3,(H2,17,18,19,20,21,22). The Morgan fingerprint density at radius 3 is 2.38 bits per heavy atom. The van der Waals surface area contributed by atoms with Crippen molar-refractivity contribution in [3.05, 3.63) is 35.1 Å². The second-order valence-corrected chi connectivity index (χ2v) is 9.57. The highest BCUT2D eigenvalue weighted by Crippen LogP contribution is 2.36. The van der Waals surface area contributed by atoms with Crippen molar-refractivity contribution in [3.8, 4) is 0 Å². The number of rotatable bonds is 4. The van der Waals surface area contributed by atoms with Gasteiger partial charge in [0.15, 0.2) is 11.0 Å². The van der Waals surface area contributed by atoms with Crippen molar-refractivity contribution in [1.82, 2.24) is 19.7 Å². The molecule has 0 aliphatic carbocycles. The molecule has 0 saturated carbocycles. The lowest BCUT2D eigenvalue weighted by atomic mass is 10.4. The average molecular weight is 477 g/mol. The van der Waals surface area contributed by atoms with Crippen LogP contribution in [0.3, 0.4) is 0 Å². The molecule has 1 aromatic heterocycles. The van der Waals surface area contributed by atoms with E-state index in [4.69, 9.17) is 46.4 Å². The molecular formula is C12H9Cl4N5O3S2. The third-order valence-corrected chi connectivity index (χ3v) is 5.52. The molecule has 0 aliphatic rings. The van der Waals surface area contributed by atoms with Gasteiger partial charge in [-0.05, 0) is 18.4 Å². The Bertz CT molecular complexity index is 937. The van der Waals surface area contributed by atoms with Gasteiger partial charge < -0.3 is 0 Å². The van der Waals surface area contributed by atoms with E-state index in [2.05, 4.69) is 20.3 Å². The van der Waals surface area contributed by atoms with E-state index in [1.165, 1.54) is 18.2 Å². The van der Waals surface area contributed by atoms with Gasteiger partial charge in [-0.15, -0.1) is 0 Å². The summed E-state index contributed by atoms with van der Waals surface area (Å²) in [6.07, 6.45) is 1.66. The molecule has 2 aromatic rings. The van der Waals surface area contributed by atoms with Crippen LogP contribution in [0, 0.1) is 0 Å². The first kappa shape index (κ1) is 21.3. The van der Waals surface area contributed by atoms with Crippen molar-refractivity contribution in [2.75, 3.05) is 11.6 Å². The van der Waals surface area contributed by atoms with Crippen LogP contribution in [0.15, 0.2) is 34.3 Å². The number of alkyl halides is 3. The first-order valence-electron chi connectivity index (χ1n) is 6.48. The number of amides is 2. The number of carbonyl (C=O) groups is 1. The molecule has 1 aromatic carbocycles. The van der Waals surface area contributed by atoms with Crippen LogP contribution in [-0.4, -0.2) is 35.7 Å². The highest BCUT2D eigenvalue weighted by atomic mass is 35.6. The highest BCUT2D eigenvalue weighted by Gasteiger charge is 2.29. The molecule has 2 N–H and O–H groups in total. The van der Waals surface area contributed by atoms with Gasteiger partial charge in [0.2, 0.25) is 9.74 Å². The fourth-order valence-corrected chi connectivity index (χ4v) is 3.63. The third kappa shape index (κ3) is 5.48. The number of thioether (sulfide) groups is 1. The van der Waals surface area contributed by atoms with Gasteiger partial charge in [-0.2, -0.15) is 9.97 Å². The van der Waals surface area contributed by atoms with Crippen molar-refractivity contribution >= 4 is 80.2 Å². The number of aromatic nitrogens is 3. The lowest BCUT2D eigenvalue weighted by molar-refractivity contribution is 0.256. The van der Waals surface area contributed by atoms with Crippen LogP contribution in [0.4, 0.5) is 10.7 Å². The van der Waals surface area contributed by atoms with Gasteiger partial charge in [0.25, 0.3) is 10.0 Å². The second kappa shape index (κ2) is 8.32. The average Bonchev–Trinajstić information content (AvgIpc) is 2.53. The normalized spacial score (nSPS) is 11.9. The quantitative estimate of drug-likeness (QED) is 0.511. The molecule has 0 unspecified atom stereocenters. The first-order chi connectivity index (χ1) is 12.0. The van der Waals surface area contributed by atoms with Crippen LogP contribution in [0.25, 0.3) is 0 Å². The summed E-state index contributed by atoms with van der Waals surface area (Å²) in [4.78, 5) is 23.3. The van der Waals surface area contributed by atoms with E-state index in [9.17, 15) is 13.2 Å². The number of hydrogen-bond donors (Lipinski definition) is 2. The van der Waals surface area contributed by atoms with Crippen LogP contribution >= 0.6 is 58.2 Å². The summed E-state index contributed by atoms with van der Waals surface area (Å²) < 4.78 is 24.3. The molecule has 8 nitrogen and oxygen atoms in total. The van der Waals surface area contributed by atoms with Crippen molar-refractivity contribution in [3.63, 3.8) is 0 Å². The van der Waals surface area contributed by atoms with E-state index >= 15 is 0 Å². The number of nitrogens with one attached hydrogen (secondary N) is 2. The Labute approximate surface area is 173 Å². The number of sulfonamides is 1. The van der Waals surface area contributed by atoms with Gasteiger partial charge in [0.1, 0.15) is 4.90 Å². The number of benzene rings is 1. The van der Waals surface area contributed by atoms with Gasteiger partial charge in [-0.1, -0.05) is 70.3 Å². The number of halogens is 4. The maximum atomic E-state index is 12.2. The summed E-state index contributed by atoms with van der Waals surface area (Å²) in [6, 6.07) is 4.50. The number of urea groups is 1. The van der Waals surface area contributed by atoms with E-state index in [0.29, 0.717) is 0 Å². The van der Waals surface area contributed by atoms with Crippen LogP contribution in [0.5, 0.6) is 0 Å². The molecular weight excluding hydrogens is 468 g/mol. The molecule has 14 heteroatoms.